The molecule has 0 radical (unpaired) electrons. The highest BCUT2D eigenvalue weighted by molar-refractivity contribution is 6.30. The van der Waals surface area contributed by atoms with Crippen LogP contribution in [0.25, 0.3) is 10.8 Å². The van der Waals surface area contributed by atoms with Crippen molar-refractivity contribution in [3.8, 4) is 0 Å². The molecular weight excluding hydrogens is 1590 g/mol. The normalized spacial score (nSPS) is 15.2. The highest BCUT2D eigenvalue weighted by atomic mass is 35.5. The van der Waals surface area contributed by atoms with Gasteiger partial charge in [0.15, 0.2) is 0 Å². The number of hydrogen-bond acceptors (Lipinski definition) is 20. The number of aliphatic hydroxyl groups is 3. The predicted octanol–water partition coefficient (Wildman–Crippen LogP) is 1.57. The second kappa shape index (κ2) is 49.2. The molecule has 1 fully saturated rings. The molecule has 12 atom stereocenters. The summed E-state index contributed by atoms with van der Waals surface area (Å²) in [5, 5.41) is 71.0. The van der Waals surface area contributed by atoms with E-state index in [0.717, 1.165) is 10.8 Å². The molecule has 0 spiro atoms. The molecular formula is C87H116ClN17O17. The molecule has 0 saturated carbocycles. The number of carbonyl (C=O) groups excluding carboxylic acids is 14. The van der Waals surface area contributed by atoms with E-state index in [-0.39, 0.29) is 81.2 Å². The fourth-order valence-corrected chi connectivity index (χ4v) is 14.0. The van der Waals surface area contributed by atoms with Crippen molar-refractivity contribution in [2.24, 2.45) is 11.7 Å². The summed E-state index contributed by atoms with van der Waals surface area (Å²) >= 11 is 6.28. The number of aliphatic hydroxyl groups excluding tert-OH is 3. The maximum atomic E-state index is 15.6. The van der Waals surface area contributed by atoms with E-state index in [1.807, 2.05) is 56.3 Å². The van der Waals surface area contributed by atoms with Crippen LogP contribution in [0.3, 0.4) is 0 Å². The Morgan fingerprint density at radius 1 is 0.443 bits per heavy atom. The van der Waals surface area contributed by atoms with Gasteiger partial charge in [-0.1, -0.05) is 124 Å². The van der Waals surface area contributed by atoms with Gasteiger partial charge in [0.25, 0.3) is 0 Å². The molecule has 1 aliphatic rings. The van der Waals surface area contributed by atoms with Crippen molar-refractivity contribution in [2.75, 3.05) is 43.5 Å². The summed E-state index contributed by atoms with van der Waals surface area (Å²) in [7, 11) is 0. The van der Waals surface area contributed by atoms with Crippen LogP contribution in [0.2, 0.25) is 5.02 Å². The molecule has 0 unspecified atom stereocenters. The Kier molecular flexibility index (Phi) is 39.2. The lowest BCUT2D eigenvalue weighted by atomic mass is 9.99. The second-order valence-electron chi connectivity index (χ2n) is 31.2. The number of aromatic nitrogens is 1. The quantitative estimate of drug-likeness (QED) is 0.0190. The Morgan fingerprint density at radius 2 is 0.861 bits per heavy atom. The minimum atomic E-state index is -1.93. The second-order valence-corrected chi connectivity index (χ2v) is 31.6. The van der Waals surface area contributed by atoms with E-state index in [1.54, 1.807) is 57.2 Å². The van der Waals surface area contributed by atoms with Crippen molar-refractivity contribution < 1.29 is 82.4 Å². The summed E-state index contributed by atoms with van der Waals surface area (Å²) in [6, 6.07) is 19.3. The number of carbonyl (C=O) groups is 14. The van der Waals surface area contributed by atoms with Gasteiger partial charge in [-0.2, -0.15) is 0 Å². The van der Waals surface area contributed by atoms with Gasteiger partial charge >= 0.3 is 0 Å². The zero-order chi connectivity index (χ0) is 89.1. The van der Waals surface area contributed by atoms with Crippen LogP contribution in [0.1, 0.15) is 135 Å². The Bertz CT molecular complexity index is 4540. The maximum absolute atomic E-state index is 15.6. The van der Waals surface area contributed by atoms with E-state index >= 15 is 28.8 Å². The summed E-state index contributed by atoms with van der Waals surface area (Å²) in [6.07, 6.45) is 2.62. The predicted molar refractivity (Wildman–Crippen MR) is 458 cm³/mol. The number of anilines is 2. The molecule has 1 aromatic heterocycles. The monoisotopic (exact) mass is 1710 g/mol. The van der Waals surface area contributed by atoms with Crippen molar-refractivity contribution in [3.05, 3.63) is 173 Å². The number of likely N-dealkylation sites (tertiary alicyclic amines) is 1. The first-order valence-corrected chi connectivity index (χ1v) is 41.3. The molecule has 1 aliphatic heterocycles. The van der Waals surface area contributed by atoms with E-state index in [0.29, 0.717) is 65.1 Å². The lowest BCUT2D eigenvalue weighted by Gasteiger charge is -2.31. The number of hydrogen-bond donors (Lipinski definition) is 18. The van der Waals surface area contributed by atoms with Crippen LogP contribution < -0.4 is 80.2 Å². The number of halogens is 1. The first-order chi connectivity index (χ1) is 58.2. The van der Waals surface area contributed by atoms with Crippen LogP contribution in [-0.4, -0.2) is 219 Å². The first-order valence-electron chi connectivity index (χ1n) is 41.0. The average molecular weight is 1710 g/mol. The van der Waals surface area contributed by atoms with Crippen molar-refractivity contribution in [1.29, 1.82) is 0 Å². The first kappa shape index (κ1) is 97.3. The smallest absolute Gasteiger partial charge is 0.247 e. The average Bonchev–Trinajstić information content (AvgIpc) is 1.69. The van der Waals surface area contributed by atoms with Gasteiger partial charge in [-0.15, -0.1) is 0 Å². The molecule has 5 aromatic carbocycles. The molecule has 0 bridgehead atoms. The van der Waals surface area contributed by atoms with Gasteiger partial charge in [-0.25, -0.2) is 0 Å². The lowest BCUT2D eigenvalue weighted by Crippen LogP contribution is -2.62. The third-order valence-corrected chi connectivity index (χ3v) is 20.2. The van der Waals surface area contributed by atoms with Crippen LogP contribution in [0.4, 0.5) is 11.4 Å². The highest BCUT2D eigenvalue weighted by Gasteiger charge is 2.41. The molecule has 14 amide bonds. The largest absolute Gasteiger partial charge is 0.396 e. The minimum Gasteiger partial charge on any atom is -0.396 e. The van der Waals surface area contributed by atoms with E-state index < -0.39 is 182 Å². The summed E-state index contributed by atoms with van der Waals surface area (Å²) in [6.45, 7) is 11.6. The van der Waals surface area contributed by atoms with E-state index in [1.165, 1.54) is 86.6 Å². The summed E-state index contributed by atoms with van der Waals surface area (Å²) in [5.41, 5.74) is 8.58. The Hall–Kier alpha value is -11.8. The molecule has 0 aliphatic carbocycles. The van der Waals surface area contributed by atoms with Crippen LogP contribution in [-0.2, 0) is 99.2 Å². The number of nitrogens with two attached hydrogens (primary N) is 1. The van der Waals surface area contributed by atoms with E-state index in [9.17, 15) is 53.7 Å². The third-order valence-electron chi connectivity index (χ3n) is 20.0. The number of nitrogens with zero attached hydrogens (tertiary/aromatic N) is 2. The van der Waals surface area contributed by atoms with Gasteiger partial charge in [-0.05, 0) is 152 Å². The highest BCUT2D eigenvalue weighted by Crippen LogP contribution is 2.24. The van der Waals surface area contributed by atoms with Gasteiger partial charge in [0.05, 0.1) is 12.8 Å². The van der Waals surface area contributed by atoms with Crippen LogP contribution >= 0.6 is 11.6 Å². The number of benzene rings is 5. The lowest BCUT2D eigenvalue weighted by molar-refractivity contribution is -0.142. The topological polar surface area (TPSA) is 510 Å². The molecule has 35 heteroatoms. The SMILES string of the molecule is CC(=O)N[C@@H](CCO)C(=O)Nc1ccc(C[C@@H](NC(=O)[C@H](Cc2ccc(NC(=O)[C@@H](CCO)NC(C)=O)cc2)NC(=O)[C@H](CO)NC(=O)[C@@H](Cc2cccnc2)NC(=O)[C@@H](Cc2ccc(Cl)cc2)NC(=O)[C@@H](Cc2ccc3ccccc3c2)NC(C)=O)C(=O)N[C@@H](CC(C)C)C(=O)N[C@@H](CCCCNC(C)C)C(=O)N2CCC[C@H]2C(=O)N[C@H](C)N)cc1. The zero-order valence-corrected chi connectivity index (χ0v) is 70.8. The number of amides is 14. The zero-order valence-electron chi connectivity index (χ0n) is 70.0. The molecule has 19 N–H and O–H groups in total. The third kappa shape index (κ3) is 32.3. The van der Waals surface area contributed by atoms with Gasteiger partial charge in [0, 0.05) is 107 Å². The molecule has 2 heterocycles. The number of unbranched alkanes of at least 4 members (excludes halogenated alkanes) is 1. The molecule has 658 valence electrons. The number of rotatable bonds is 47. The van der Waals surface area contributed by atoms with E-state index in [4.69, 9.17) is 17.3 Å². The van der Waals surface area contributed by atoms with Gasteiger partial charge < -0.3 is 100 Å². The van der Waals surface area contributed by atoms with Crippen molar-refractivity contribution in [3.63, 3.8) is 0 Å². The standard InChI is InChI=1S/C87H116ClN17O17/c1-50(2)41-69(79(114)98-68(18-11-12-37-91-51(3)4)87(122)105-38-14-19-76(105)86(121)92-52(5)89)99-81(116)72(44-57-23-30-64(31-24-57)96-77(112)66(34-39-106)93-53(6)109)101-83(118)73(45-58-25-32-65(33-26-58)97-78(113)67(35-40-107)94-54(7)110)103-85(120)75(49-108)104-84(119)74(47-60-15-13-36-90-48-60)102-82(117)71(43-56-21-28-63(88)29-22-56)100-80(115)70(95-55(8)111)46-59-20-27-61-16-9-10-17-62(61)42-59/h9-10,13,15-17,20-33,36,42,48,50-52,66-76,91,106-108H,11-12,14,18-19,34-35,37-41,43-47,49,89H2,1-8H3,(H,92,121)(H,93,109)(H,94,110)(H,95,111)(H,96,112)(H,97,113)(H,98,114)(H,99,116)(H,100,115)(H,101,118)(H,102,117)(H,103,120)(H,104,119)/t52-,66+,67-,68+,69+,70-,71-,72-,73+,74-,75+,76+/m1/s1. The van der Waals surface area contributed by atoms with E-state index in [2.05, 4.69) is 79.4 Å². The number of pyridine rings is 1. The summed E-state index contributed by atoms with van der Waals surface area (Å²) in [5.74, 6) is -11.0. The fourth-order valence-electron chi connectivity index (χ4n) is 13.9. The van der Waals surface area contributed by atoms with Gasteiger partial charge in [0.1, 0.15) is 66.5 Å². The molecule has 7 rings (SSSR count). The molecule has 6 aromatic rings. The van der Waals surface area contributed by atoms with Crippen LogP contribution in [0.15, 0.2) is 140 Å². The summed E-state index contributed by atoms with van der Waals surface area (Å²) < 4.78 is 0. The Balaban J connectivity index is 1.24. The Morgan fingerprint density at radius 3 is 1.31 bits per heavy atom. The molecule has 122 heavy (non-hydrogen) atoms. The van der Waals surface area contributed by atoms with Crippen LogP contribution in [0.5, 0.6) is 0 Å². The van der Waals surface area contributed by atoms with Crippen molar-refractivity contribution in [2.45, 2.75) is 218 Å². The molecule has 34 nitrogen and oxygen atoms in total. The van der Waals surface area contributed by atoms with Gasteiger partial charge in [0.2, 0.25) is 82.7 Å². The number of fused-ring (bicyclic) bond motifs is 1. The molecule has 1 saturated heterocycles. The maximum Gasteiger partial charge on any atom is 0.247 e. The minimum absolute atomic E-state index is 0.00169. The fraction of sp³-hybridized carbons (Fsp3) is 0.460. The van der Waals surface area contributed by atoms with Gasteiger partial charge in [-0.3, -0.25) is 72.1 Å². The van der Waals surface area contributed by atoms with Crippen LogP contribution in [0, 0.1) is 5.92 Å². The summed E-state index contributed by atoms with van der Waals surface area (Å²) in [4.78, 5) is 203. The Labute approximate surface area is 714 Å². The number of nitrogens with one attached hydrogen (secondary N) is 14. The van der Waals surface area contributed by atoms with Crippen molar-refractivity contribution in [1.82, 2.24) is 73.7 Å². The van der Waals surface area contributed by atoms with Crippen molar-refractivity contribution >= 4 is 116 Å².